The molecule has 2 N–H and O–H groups in total. The predicted molar refractivity (Wildman–Crippen MR) is 64.6 cm³/mol. The molecule has 0 saturated heterocycles. The normalized spacial score (nSPS) is 13.2. The Morgan fingerprint density at radius 2 is 1.94 bits per heavy atom. The Labute approximate surface area is 104 Å². The molecule has 0 aliphatic heterocycles. The van der Waals surface area contributed by atoms with Crippen LogP contribution in [0.3, 0.4) is 0 Å². The fraction of sp³-hybridized carbons (Fsp3) is 0.636. The lowest BCUT2D eigenvalue weighted by molar-refractivity contribution is -0.141. The quantitative estimate of drug-likeness (QED) is 0.856. The molecule has 1 rings (SSSR count). The molecule has 0 spiro atoms. The average Bonchev–Trinajstić information content (AvgIpc) is 2.27. The van der Waals surface area contributed by atoms with Crippen LogP contribution in [-0.4, -0.2) is 22.6 Å². The number of halogens is 3. The Balaban J connectivity index is 3.06. The van der Waals surface area contributed by atoms with E-state index in [2.05, 4.69) is 20.6 Å². The van der Waals surface area contributed by atoms with Gasteiger partial charge in [0.15, 0.2) is 5.69 Å². The number of anilines is 2. The van der Waals surface area contributed by atoms with Crippen molar-refractivity contribution in [2.45, 2.75) is 39.4 Å². The summed E-state index contributed by atoms with van der Waals surface area (Å²) in [5.41, 5.74) is -0.945. The average molecular weight is 262 g/mol. The van der Waals surface area contributed by atoms with Gasteiger partial charge in [-0.3, -0.25) is 0 Å². The molecule has 0 aliphatic carbocycles. The van der Waals surface area contributed by atoms with E-state index < -0.39 is 11.9 Å². The van der Waals surface area contributed by atoms with Crippen LogP contribution in [0.1, 0.15) is 32.9 Å². The molecule has 1 aromatic rings. The van der Waals surface area contributed by atoms with E-state index in [9.17, 15) is 13.2 Å². The number of alkyl halides is 3. The van der Waals surface area contributed by atoms with E-state index in [-0.39, 0.29) is 17.8 Å². The molecular formula is C11H17F3N4. The lowest BCUT2D eigenvalue weighted by Gasteiger charge is -2.15. The van der Waals surface area contributed by atoms with Gasteiger partial charge in [-0.1, -0.05) is 6.92 Å². The topological polar surface area (TPSA) is 49.8 Å². The van der Waals surface area contributed by atoms with Gasteiger partial charge in [-0.2, -0.15) is 18.2 Å². The summed E-state index contributed by atoms with van der Waals surface area (Å²) in [6.07, 6.45) is -3.70. The predicted octanol–water partition coefficient (Wildman–Crippen LogP) is 3.14. The fourth-order valence-corrected chi connectivity index (χ4v) is 1.25. The van der Waals surface area contributed by atoms with Crippen LogP contribution >= 0.6 is 0 Å². The zero-order valence-electron chi connectivity index (χ0n) is 10.6. The first-order valence-electron chi connectivity index (χ1n) is 5.83. The van der Waals surface area contributed by atoms with E-state index in [4.69, 9.17) is 0 Å². The maximum absolute atomic E-state index is 12.7. The van der Waals surface area contributed by atoms with Crippen molar-refractivity contribution in [3.63, 3.8) is 0 Å². The minimum atomic E-state index is -4.47. The van der Waals surface area contributed by atoms with Crippen molar-refractivity contribution in [2.75, 3.05) is 17.2 Å². The number of nitrogens with one attached hydrogen (secondary N) is 2. The highest BCUT2D eigenvalue weighted by Crippen LogP contribution is 2.29. The maximum atomic E-state index is 12.7. The van der Waals surface area contributed by atoms with Gasteiger partial charge in [0.1, 0.15) is 5.82 Å². The highest BCUT2D eigenvalue weighted by atomic mass is 19.4. The molecule has 102 valence electrons. The Morgan fingerprint density at radius 1 is 1.28 bits per heavy atom. The van der Waals surface area contributed by atoms with Crippen molar-refractivity contribution in [2.24, 2.45) is 0 Å². The minimum Gasteiger partial charge on any atom is -0.370 e. The monoisotopic (exact) mass is 262 g/mol. The van der Waals surface area contributed by atoms with Crippen LogP contribution in [0, 0.1) is 0 Å². The number of aromatic nitrogens is 2. The molecule has 0 aromatic carbocycles. The summed E-state index contributed by atoms with van der Waals surface area (Å²) in [7, 11) is 0. The third-order valence-corrected chi connectivity index (χ3v) is 2.36. The van der Waals surface area contributed by atoms with Gasteiger partial charge in [0.05, 0.1) is 0 Å². The van der Waals surface area contributed by atoms with E-state index in [1.165, 1.54) is 0 Å². The van der Waals surface area contributed by atoms with Crippen LogP contribution in [0.15, 0.2) is 6.07 Å². The van der Waals surface area contributed by atoms with E-state index >= 15 is 0 Å². The van der Waals surface area contributed by atoms with Gasteiger partial charge < -0.3 is 10.6 Å². The summed E-state index contributed by atoms with van der Waals surface area (Å²) in [5.74, 6) is 0.167. The van der Waals surface area contributed by atoms with Gasteiger partial charge in [0.25, 0.3) is 0 Å². The first kappa shape index (κ1) is 14.5. The Kier molecular flexibility index (Phi) is 4.75. The smallest absolute Gasteiger partial charge is 0.370 e. The number of rotatable bonds is 5. The molecular weight excluding hydrogens is 245 g/mol. The molecule has 0 unspecified atom stereocenters. The van der Waals surface area contributed by atoms with Crippen molar-refractivity contribution in [3.8, 4) is 0 Å². The Hall–Kier alpha value is -1.53. The second kappa shape index (κ2) is 5.88. The second-order valence-corrected chi connectivity index (χ2v) is 3.94. The molecule has 0 radical (unpaired) electrons. The summed E-state index contributed by atoms with van der Waals surface area (Å²) >= 11 is 0. The molecule has 4 nitrogen and oxygen atoms in total. The van der Waals surface area contributed by atoms with Gasteiger partial charge in [-0.15, -0.1) is 0 Å². The lowest BCUT2D eigenvalue weighted by atomic mass is 10.3. The van der Waals surface area contributed by atoms with Crippen molar-refractivity contribution < 1.29 is 13.2 Å². The molecule has 0 bridgehead atoms. The van der Waals surface area contributed by atoms with Crippen LogP contribution in [0.2, 0.25) is 0 Å². The van der Waals surface area contributed by atoms with Gasteiger partial charge in [0, 0.05) is 18.7 Å². The molecule has 0 fully saturated rings. The lowest BCUT2D eigenvalue weighted by Crippen LogP contribution is -2.19. The number of hydrogen-bond donors (Lipinski definition) is 2. The van der Waals surface area contributed by atoms with E-state index in [0.29, 0.717) is 6.54 Å². The Bertz CT molecular complexity index is 392. The largest absolute Gasteiger partial charge is 0.433 e. The van der Waals surface area contributed by atoms with Gasteiger partial charge in [-0.05, 0) is 20.3 Å². The molecule has 1 heterocycles. The summed E-state index contributed by atoms with van der Waals surface area (Å²) in [5, 5.41) is 5.60. The highest BCUT2D eigenvalue weighted by molar-refractivity contribution is 5.43. The minimum absolute atomic E-state index is 0.00451. The fourth-order valence-electron chi connectivity index (χ4n) is 1.25. The van der Waals surface area contributed by atoms with Gasteiger partial charge >= 0.3 is 6.18 Å². The van der Waals surface area contributed by atoms with Crippen LogP contribution in [0.4, 0.5) is 24.9 Å². The van der Waals surface area contributed by atoms with Crippen LogP contribution in [0.25, 0.3) is 0 Å². The highest BCUT2D eigenvalue weighted by Gasteiger charge is 2.33. The molecule has 18 heavy (non-hydrogen) atoms. The van der Waals surface area contributed by atoms with Gasteiger partial charge in [0.2, 0.25) is 5.95 Å². The number of hydrogen-bond acceptors (Lipinski definition) is 4. The Morgan fingerprint density at radius 3 is 2.44 bits per heavy atom. The molecule has 7 heteroatoms. The molecule has 0 saturated carbocycles. The zero-order valence-corrected chi connectivity index (χ0v) is 10.6. The summed E-state index contributed by atoms with van der Waals surface area (Å²) in [6, 6.07) is 0.925. The number of nitrogens with zero attached hydrogens (tertiary/aromatic N) is 2. The molecule has 1 aromatic heterocycles. The van der Waals surface area contributed by atoms with Crippen molar-refractivity contribution in [3.05, 3.63) is 11.8 Å². The third-order valence-electron chi connectivity index (χ3n) is 2.36. The first-order chi connectivity index (χ1) is 8.36. The summed E-state index contributed by atoms with van der Waals surface area (Å²) < 4.78 is 38.0. The van der Waals surface area contributed by atoms with E-state index in [0.717, 1.165) is 12.5 Å². The summed E-state index contributed by atoms with van der Waals surface area (Å²) in [6.45, 7) is 6.07. The first-order valence-corrected chi connectivity index (χ1v) is 5.83. The van der Waals surface area contributed by atoms with Crippen LogP contribution < -0.4 is 10.6 Å². The third kappa shape index (κ3) is 4.05. The van der Waals surface area contributed by atoms with E-state index in [1.807, 2.05) is 13.8 Å². The zero-order chi connectivity index (χ0) is 13.8. The van der Waals surface area contributed by atoms with Crippen LogP contribution in [0.5, 0.6) is 0 Å². The molecule has 1 atom stereocenters. The molecule has 0 amide bonds. The standard InChI is InChI=1S/C11H17F3N4/c1-4-7(3)16-10-17-8(11(12,13)14)6-9(18-10)15-5-2/h6-7H,4-5H2,1-3H3,(H2,15,16,17,18)/t7-/m0/s1. The SMILES string of the molecule is CCNc1cc(C(F)(F)F)nc(N[C@@H](C)CC)n1. The maximum Gasteiger partial charge on any atom is 0.433 e. The van der Waals surface area contributed by atoms with Crippen molar-refractivity contribution >= 4 is 11.8 Å². The van der Waals surface area contributed by atoms with E-state index in [1.54, 1.807) is 6.92 Å². The summed E-state index contributed by atoms with van der Waals surface area (Å²) in [4.78, 5) is 7.48. The van der Waals surface area contributed by atoms with Gasteiger partial charge in [-0.25, -0.2) is 4.98 Å². The van der Waals surface area contributed by atoms with Crippen LogP contribution in [-0.2, 0) is 6.18 Å². The second-order valence-electron chi connectivity index (χ2n) is 3.94. The molecule has 0 aliphatic rings. The van der Waals surface area contributed by atoms with Crippen molar-refractivity contribution in [1.29, 1.82) is 0 Å². The van der Waals surface area contributed by atoms with Crippen molar-refractivity contribution in [1.82, 2.24) is 9.97 Å².